The summed E-state index contributed by atoms with van der Waals surface area (Å²) in [6.45, 7) is 5.64. The fourth-order valence-corrected chi connectivity index (χ4v) is 2.25. The standard InChI is InChI=1S/C17H16O6/c1-9-7-13-14(21-10(2)18)5-6-15(22-11(3)19)17(13)16(8-9)23-12(4)20/h5-8H,1-4H3. The van der Waals surface area contributed by atoms with Gasteiger partial charge in [-0.2, -0.15) is 0 Å². The molecular weight excluding hydrogens is 300 g/mol. The molecule has 0 unspecified atom stereocenters. The van der Waals surface area contributed by atoms with Crippen molar-refractivity contribution in [2.45, 2.75) is 27.7 Å². The molecule has 0 bridgehead atoms. The minimum absolute atomic E-state index is 0.222. The van der Waals surface area contributed by atoms with Gasteiger partial charge in [0.05, 0.1) is 5.39 Å². The molecule has 0 saturated heterocycles. The molecule has 0 aliphatic carbocycles. The van der Waals surface area contributed by atoms with Gasteiger partial charge < -0.3 is 14.2 Å². The number of fused-ring (bicyclic) bond motifs is 1. The number of aryl methyl sites for hydroxylation is 1. The summed E-state index contributed by atoms with van der Waals surface area (Å²) in [7, 11) is 0. The number of hydrogen-bond acceptors (Lipinski definition) is 6. The third-order valence-corrected chi connectivity index (χ3v) is 2.91. The summed E-state index contributed by atoms with van der Waals surface area (Å²) in [5, 5.41) is 0.898. The molecule has 120 valence electrons. The van der Waals surface area contributed by atoms with Gasteiger partial charge in [0.2, 0.25) is 0 Å². The first-order valence-electron chi connectivity index (χ1n) is 6.90. The minimum atomic E-state index is -0.513. The van der Waals surface area contributed by atoms with E-state index >= 15 is 0 Å². The van der Waals surface area contributed by atoms with Crippen LogP contribution in [0, 0.1) is 6.92 Å². The topological polar surface area (TPSA) is 78.9 Å². The molecule has 0 heterocycles. The van der Waals surface area contributed by atoms with Crippen molar-refractivity contribution in [3.8, 4) is 17.2 Å². The molecule has 0 spiro atoms. The van der Waals surface area contributed by atoms with Gasteiger partial charge in [-0.05, 0) is 36.8 Å². The zero-order valence-electron chi connectivity index (χ0n) is 13.3. The predicted molar refractivity (Wildman–Crippen MR) is 82.6 cm³/mol. The van der Waals surface area contributed by atoms with Crippen LogP contribution in [0.15, 0.2) is 24.3 Å². The van der Waals surface area contributed by atoms with E-state index in [0.29, 0.717) is 16.5 Å². The highest BCUT2D eigenvalue weighted by atomic mass is 16.5. The molecule has 0 aliphatic heterocycles. The minimum Gasteiger partial charge on any atom is -0.426 e. The Morgan fingerprint density at radius 1 is 0.739 bits per heavy atom. The number of esters is 3. The smallest absolute Gasteiger partial charge is 0.308 e. The van der Waals surface area contributed by atoms with E-state index in [2.05, 4.69) is 0 Å². The number of carbonyl (C=O) groups is 3. The summed E-state index contributed by atoms with van der Waals surface area (Å²) in [6.07, 6.45) is 0. The molecule has 0 amide bonds. The summed E-state index contributed by atoms with van der Waals surface area (Å²) in [5.41, 5.74) is 0.794. The van der Waals surface area contributed by atoms with Crippen molar-refractivity contribution in [2.75, 3.05) is 0 Å². The summed E-state index contributed by atoms with van der Waals surface area (Å²) in [5.74, 6) is -0.760. The van der Waals surface area contributed by atoms with Crippen LogP contribution < -0.4 is 14.2 Å². The number of ether oxygens (including phenoxy) is 3. The molecule has 2 aromatic rings. The van der Waals surface area contributed by atoms with Crippen molar-refractivity contribution in [1.82, 2.24) is 0 Å². The maximum atomic E-state index is 11.3. The molecule has 0 aromatic heterocycles. The van der Waals surface area contributed by atoms with Gasteiger partial charge in [-0.1, -0.05) is 0 Å². The quantitative estimate of drug-likeness (QED) is 0.640. The van der Waals surface area contributed by atoms with Crippen LogP contribution in [0.1, 0.15) is 26.3 Å². The van der Waals surface area contributed by atoms with Gasteiger partial charge in [0.1, 0.15) is 17.2 Å². The lowest BCUT2D eigenvalue weighted by atomic mass is 10.0. The van der Waals surface area contributed by atoms with Gasteiger partial charge in [-0.15, -0.1) is 0 Å². The van der Waals surface area contributed by atoms with Crippen molar-refractivity contribution >= 4 is 28.7 Å². The molecule has 0 atom stereocenters. The molecule has 6 nitrogen and oxygen atoms in total. The Kier molecular flexibility index (Phi) is 4.64. The van der Waals surface area contributed by atoms with Crippen LogP contribution in [-0.4, -0.2) is 17.9 Å². The summed E-state index contributed by atoms with van der Waals surface area (Å²) < 4.78 is 15.6. The lowest BCUT2D eigenvalue weighted by Gasteiger charge is -2.14. The molecule has 0 radical (unpaired) electrons. The van der Waals surface area contributed by atoms with E-state index in [0.717, 1.165) is 5.56 Å². The summed E-state index contributed by atoms with van der Waals surface area (Å²) in [6, 6.07) is 6.42. The van der Waals surface area contributed by atoms with Gasteiger partial charge >= 0.3 is 17.9 Å². The first-order valence-corrected chi connectivity index (χ1v) is 6.90. The van der Waals surface area contributed by atoms with Crippen LogP contribution in [0.25, 0.3) is 10.8 Å². The fraction of sp³-hybridized carbons (Fsp3) is 0.235. The second-order valence-electron chi connectivity index (χ2n) is 5.03. The van der Waals surface area contributed by atoms with E-state index in [1.165, 1.54) is 32.9 Å². The molecule has 0 aliphatic rings. The number of benzene rings is 2. The number of carbonyl (C=O) groups excluding carboxylic acids is 3. The third kappa shape index (κ3) is 3.85. The lowest BCUT2D eigenvalue weighted by Crippen LogP contribution is -2.07. The van der Waals surface area contributed by atoms with Gasteiger partial charge in [0.25, 0.3) is 0 Å². The van der Waals surface area contributed by atoms with Crippen molar-refractivity contribution in [1.29, 1.82) is 0 Å². The Bertz CT molecular complexity index is 806. The largest absolute Gasteiger partial charge is 0.426 e. The molecule has 23 heavy (non-hydrogen) atoms. The normalized spacial score (nSPS) is 10.3. The van der Waals surface area contributed by atoms with Crippen LogP contribution in [-0.2, 0) is 14.4 Å². The van der Waals surface area contributed by atoms with Crippen molar-refractivity contribution in [2.24, 2.45) is 0 Å². The number of hydrogen-bond donors (Lipinski definition) is 0. The third-order valence-electron chi connectivity index (χ3n) is 2.91. The SMILES string of the molecule is CC(=O)Oc1ccc(OC(C)=O)c2c(OC(C)=O)cc(C)cc12. The first-order chi connectivity index (χ1) is 10.8. The van der Waals surface area contributed by atoms with Crippen molar-refractivity contribution < 1.29 is 28.6 Å². The highest BCUT2D eigenvalue weighted by Gasteiger charge is 2.17. The van der Waals surface area contributed by atoms with Gasteiger partial charge in [-0.3, -0.25) is 14.4 Å². The Hall–Kier alpha value is -2.89. The van der Waals surface area contributed by atoms with E-state index in [4.69, 9.17) is 14.2 Å². The Labute approximate surface area is 132 Å². The second kappa shape index (κ2) is 6.48. The van der Waals surface area contributed by atoms with Crippen LogP contribution in [0.4, 0.5) is 0 Å². The molecule has 2 aromatic carbocycles. The lowest BCUT2D eigenvalue weighted by molar-refractivity contribution is -0.133. The Morgan fingerprint density at radius 3 is 1.78 bits per heavy atom. The average Bonchev–Trinajstić information content (AvgIpc) is 2.39. The molecule has 0 saturated carbocycles. The maximum absolute atomic E-state index is 11.3. The maximum Gasteiger partial charge on any atom is 0.308 e. The monoisotopic (exact) mass is 316 g/mol. The van der Waals surface area contributed by atoms with Crippen LogP contribution in [0.5, 0.6) is 17.2 Å². The Balaban J connectivity index is 2.79. The zero-order chi connectivity index (χ0) is 17.1. The van der Waals surface area contributed by atoms with Crippen LogP contribution in [0.2, 0.25) is 0 Å². The van der Waals surface area contributed by atoms with E-state index in [-0.39, 0.29) is 11.5 Å². The highest BCUT2D eigenvalue weighted by molar-refractivity contribution is 6.01. The fourth-order valence-electron chi connectivity index (χ4n) is 2.25. The van der Waals surface area contributed by atoms with E-state index in [9.17, 15) is 14.4 Å². The summed E-state index contributed by atoms with van der Waals surface area (Å²) in [4.78, 5) is 33.9. The predicted octanol–water partition coefficient (Wildman–Crippen LogP) is 2.92. The highest BCUT2D eigenvalue weighted by Crippen LogP contribution is 2.40. The van der Waals surface area contributed by atoms with E-state index in [1.54, 1.807) is 12.1 Å². The zero-order valence-corrected chi connectivity index (χ0v) is 13.3. The van der Waals surface area contributed by atoms with Gasteiger partial charge in [0, 0.05) is 26.2 Å². The molecule has 2 rings (SSSR count). The second-order valence-corrected chi connectivity index (χ2v) is 5.03. The van der Waals surface area contributed by atoms with Gasteiger partial charge in [-0.25, -0.2) is 0 Å². The molecular formula is C17H16O6. The van der Waals surface area contributed by atoms with Gasteiger partial charge in [0.15, 0.2) is 0 Å². The number of rotatable bonds is 3. The van der Waals surface area contributed by atoms with Crippen molar-refractivity contribution in [3.05, 3.63) is 29.8 Å². The molecule has 6 heteroatoms. The van der Waals surface area contributed by atoms with E-state index < -0.39 is 17.9 Å². The Morgan fingerprint density at radius 2 is 1.22 bits per heavy atom. The van der Waals surface area contributed by atoms with Crippen molar-refractivity contribution in [3.63, 3.8) is 0 Å². The first kappa shape index (κ1) is 16.5. The molecule has 0 fully saturated rings. The van der Waals surface area contributed by atoms with Crippen LogP contribution >= 0.6 is 0 Å². The molecule has 0 N–H and O–H groups in total. The van der Waals surface area contributed by atoms with Crippen LogP contribution in [0.3, 0.4) is 0 Å². The van der Waals surface area contributed by atoms with E-state index in [1.807, 2.05) is 6.92 Å². The average molecular weight is 316 g/mol. The summed E-state index contributed by atoms with van der Waals surface area (Å²) >= 11 is 0.